The smallest absolute Gasteiger partial charge is 0.328 e. The van der Waals surface area contributed by atoms with Crippen LogP contribution in [0.25, 0.3) is 0 Å². The van der Waals surface area contributed by atoms with Crippen molar-refractivity contribution in [2.24, 2.45) is 0 Å². The summed E-state index contributed by atoms with van der Waals surface area (Å²) in [5.74, 6) is 1.52. The van der Waals surface area contributed by atoms with E-state index >= 15 is 0 Å². The molecule has 7 nitrogen and oxygen atoms in total. The molecule has 0 aliphatic carbocycles. The summed E-state index contributed by atoms with van der Waals surface area (Å²) in [6.07, 6.45) is 3.10. The summed E-state index contributed by atoms with van der Waals surface area (Å²) >= 11 is 1.98. The molecule has 3 saturated heterocycles. The molecule has 0 N–H and O–H groups in total. The first-order valence-electron chi connectivity index (χ1n) is 10.6. The molecule has 1 aromatic rings. The molecule has 0 bridgehead atoms. The SMILES string of the molecule is COC(=O)CN1C(=O)N(CCc2ccccc2)C2(CCN([C@H]3CCSC3)CC2)C1=O. The fourth-order valence-corrected chi connectivity index (χ4v) is 6.12. The zero-order valence-corrected chi connectivity index (χ0v) is 18.2. The van der Waals surface area contributed by atoms with Crippen molar-refractivity contribution in [2.45, 2.75) is 37.3 Å². The van der Waals surface area contributed by atoms with Gasteiger partial charge in [-0.1, -0.05) is 30.3 Å². The van der Waals surface area contributed by atoms with E-state index in [1.807, 2.05) is 42.1 Å². The molecular weight excluding hydrogens is 402 g/mol. The maximum Gasteiger partial charge on any atom is 0.328 e. The van der Waals surface area contributed by atoms with Crippen LogP contribution in [-0.2, 0) is 20.7 Å². The molecule has 3 aliphatic rings. The number of methoxy groups -OCH3 is 1. The van der Waals surface area contributed by atoms with E-state index in [0.29, 0.717) is 31.8 Å². The zero-order valence-electron chi connectivity index (χ0n) is 17.4. The highest BCUT2D eigenvalue weighted by atomic mass is 32.2. The summed E-state index contributed by atoms with van der Waals surface area (Å²) in [6, 6.07) is 10.2. The quantitative estimate of drug-likeness (QED) is 0.507. The van der Waals surface area contributed by atoms with E-state index < -0.39 is 11.5 Å². The van der Waals surface area contributed by atoms with Crippen molar-refractivity contribution in [3.05, 3.63) is 35.9 Å². The van der Waals surface area contributed by atoms with Gasteiger partial charge in [0.05, 0.1) is 7.11 Å². The van der Waals surface area contributed by atoms with Gasteiger partial charge in [-0.25, -0.2) is 4.79 Å². The van der Waals surface area contributed by atoms with Crippen molar-refractivity contribution in [3.8, 4) is 0 Å². The summed E-state index contributed by atoms with van der Waals surface area (Å²) in [5.41, 5.74) is 0.280. The third-order valence-corrected chi connectivity index (χ3v) is 7.80. The number of esters is 1. The Balaban J connectivity index is 1.53. The van der Waals surface area contributed by atoms with Gasteiger partial charge in [0.25, 0.3) is 5.91 Å². The fraction of sp³-hybridized carbons (Fsp3) is 0.591. The molecule has 0 saturated carbocycles. The molecule has 30 heavy (non-hydrogen) atoms. The number of ether oxygens (including phenoxy) is 1. The summed E-state index contributed by atoms with van der Waals surface area (Å²) in [6.45, 7) is 1.75. The molecule has 3 fully saturated rings. The Labute approximate surface area is 181 Å². The van der Waals surface area contributed by atoms with Crippen LogP contribution in [0.1, 0.15) is 24.8 Å². The van der Waals surface area contributed by atoms with Crippen LogP contribution in [0.4, 0.5) is 4.79 Å². The van der Waals surface area contributed by atoms with Crippen molar-refractivity contribution in [1.29, 1.82) is 0 Å². The van der Waals surface area contributed by atoms with Gasteiger partial charge in [-0.2, -0.15) is 11.8 Å². The van der Waals surface area contributed by atoms with Crippen molar-refractivity contribution >= 4 is 29.7 Å². The molecule has 4 rings (SSSR count). The fourth-order valence-electron chi connectivity index (χ4n) is 4.86. The number of nitrogens with zero attached hydrogens (tertiary/aromatic N) is 3. The molecular formula is C22H29N3O4S. The number of benzene rings is 1. The Bertz CT molecular complexity index is 789. The Morgan fingerprint density at radius 2 is 1.93 bits per heavy atom. The number of hydrogen-bond acceptors (Lipinski definition) is 6. The Morgan fingerprint density at radius 1 is 1.20 bits per heavy atom. The molecule has 3 amide bonds. The number of thioether (sulfide) groups is 1. The minimum absolute atomic E-state index is 0.244. The van der Waals surface area contributed by atoms with Crippen LogP contribution >= 0.6 is 11.8 Å². The van der Waals surface area contributed by atoms with Crippen LogP contribution in [0.3, 0.4) is 0 Å². The second kappa shape index (κ2) is 8.98. The molecule has 1 atom stereocenters. The van der Waals surface area contributed by atoms with Gasteiger partial charge in [0, 0.05) is 31.4 Å². The number of carbonyl (C=O) groups is 3. The number of piperidine rings is 1. The van der Waals surface area contributed by atoms with E-state index in [1.165, 1.54) is 19.3 Å². The summed E-state index contributed by atoms with van der Waals surface area (Å²) in [7, 11) is 1.27. The average molecular weight is 432 g/mol. The highest BCUT2D eigenvalue weighted by Crippen LogP contribution is 2.39. The summed E-state index contributed by atoms with van der Waals surface area (Å²) in [5, 5.41) is 0. The van der Waals surface area contributed by atoms with Gasteiger partial charge in [0.1, 0.15) is 12.1 Å². The first kappa shape index (κ1) is 21.2. The normalized spacial score (nSPS) is 24.1. The van der Waals surface area contributed by atoms with Crippen molar-refractivity contribution in [1.82, 2.24) is 14.7 Å². The predicted molar refractivity (Wildman–Crippen MR) is 115 cm³/mol. The second-order valence-electron chi connectivity index (χ2n) is 8.22. The molecule has 0 aromatic heterocycles. The van der Waals surface area contributed by atoms with Crippen molar-refractivity contribution in [2.75, 3.05) is 44.8 Å². The van der Waals surface area contributed by atoms with Gasteiger partial charge in [0.15, 0.2) is 0 Å². The number of amides is 3. The minimum Gasteiger partial charge on any atom is -0.468 e. The number of hydrogen-bond donors (Lipinski definition) is 0. The standard InChI is InChI=1S/C22H29N3O4S/c1-29-19(26)15-24-20(27)22(9-12-23(13-10-22)18-8-14-30-16-18)25(21(24)28)11-7-17-5-3-2-4-6-17/h2-6,18H,7-16H2,1H3/t18-/m0/s1. The number of carbonyl (C=O) groups excluding carboxylic acids is 3. The Hall–Kier alpha value is -2.06. The van der Waals surface area contributed by atoms with Gasteiger partial charge < -0.3 is 9.64 Å². The van der Waals surface area contributed by atoms with Crippen LogP contribution in [0.5, 0.6) is 0 Å². The number of imide groups is 1. The van der Waals surface area contributed by atoms with Gasteiger partial charge in [-0.15, -0.1) is 0 Å². The lowest BCUT2D eigenvalue weighted by molar-refractivity contribution is -0.146. The number of rotatable bonds is 6. The number of urea groups is 1. The highest BCUT2D eigenvalue weighted by molar-refractivity contribution is 7.99. The van der Waals surface area contributed by atoms with Crippen LogP contribution in [0, 0.1) is 0 Å². The molecule has 1 spiro atoms. The second-order valence-corrected chi connectivity index (χ2v) is 9.37. The summed E-state index contributed by atoms with van der Waals surface area (Å²) in [4.78, 5) is 43.8. The molecule has 3 heterocycles. The number of likely N-dealkylation sites (tertiary alicyclic amines) is 1. The first-order chi connectivity index (χ1) is 14.5. The van der Waals surface area contributed by atoms with Crippen LogP contribution in [-0.4, -0.2) is 89.0 Å². The van der Waals surface area contributed by atoms with E-state index in [2.05, 4.69) is 4.90 Å². The molecule has 0 radical (unpaired) electrons. The van der Waals surface area contributed by atoms with Gasteiger partial charge in [-0.05, 0) is 37.0 Å². The van der Waals surface area contributed by atoms with Gasteiger partial charge >= 0.3 is 12.0 Å². The third-order valence-electron chi connectivity index (χ3n) is 6.65. The lowest BCUT2D eigenvalue weighted by Gasteiger charge is -2.44. The molecule has 0 unspecified atom stereocenters. The van der Waals surface area contributed by atoms with Crippen LogP contribution < -0.4 is 0 Å². The molecule has 162 valence electrons. The van der Waals surface area contributed by atoms with E-state index in [1.54, 1.807) is 4.90 Å². The first-order valence-corrected chi connectivity index (χ1v) is 11.8. The minimum atomic E-state index is -0.845. The molecule has 1 aromatic carbocycles. The van der Waals surface area contributed by atoms with Crippen molar-refractivity contribution in [3.63, 3.8) is 0 Å². The van der Waals surface area contributed by atoms with Crippen LogP contribution in [0.15, 0.2) is 30.3 Å². The van der Waals surface area contributed by atoms with E-state index in [9.17, 15) is 14.4 Å². The predicted octanol–water partition coefficient (Wildman–Crippen LogP) is 2.01. The Morgan fingerprint density at radius 3 is 2.57 bits per heavy atom. The average Bonchev–Trinajstić information content (AvgIpc) is 3.37. The maximum atomic E-state index is 13.4. The monoisotopic (exact) mass is 431 g/mol. The highest BCUT2D eigenvalue weighted by Gasteiger charge is 2.58. The topological polar surface area (TPSA) is 70.2 Å². The largest absolute Gasteiger partial charge is 0.468 e. The molecule has 8 heteroatoms. The van der Waals surface area contributed by atoms with E-state index in [0.717, 1.165) is 29.3 Å². The lowest BCUT2D eigenvalue weighted by atomic mass is 9.85. The van der Waals surface area contributed by atoms with E-state index in [4.69, 9.17) is 4.74 Å². The van der Waals surface area contributed by atoms with Crippen LogP contribution in [0.2, 0.25) is 0 Å². The van der Waals surface area contributed by atoms with E-state index in [-0.39, 0.29) is 18.5 Å². The third kappa shape index (κ3) is 3.95. The summed E-state index contributed by atoms with van der Waals surface area (Å²) < 4.78 is 4.72. The zero-order chi connectivity index (χ0) is 21.1. The lowest BCUT2D eigenvalue weighted by Crippen LogP contribution is -2.58. The Kier molecular flexibility index (Phi) is 6.34. The molecule has 3 aliphatic heterocycles. The maximum absolute atomic E-state index is 13.4. The van der Waals surface area contributed by atoms with Gasteiger partial charge in [0.2, 0.25) is 0 Å². The van der Waals surface area contributed by atoms with Gasteiger partial charge in [-0.3, -0.25) is 19.4 Å². The van der Waals surface area contributed by atoms with Crippen molar-refractivity contribution < 1.29 is 19.1 Å².